The normalized spacial score (nSPS) is 23.0. The van der Waals surface area contributed by atoms with E-state index in [1.54, 1.807) is 0 Å². The molecule has 1 saturated heterocycles. The van der Waals surface area contributed by atoms with E-state index in [1.807, 2.05) is 23.4 Å². The third kappa shape index (κ3) is 1.78. The maximum absolute atomic E-state index is 11.1. The molecule has 6 heteroatoms. The number of nitrogens with one attached hydrogen (secondary N) is 1. The van der Waals surface area contributed by atoms with Crippen LogP contribution < -0.4 is 0 Å². The molecular formula is C17H17N5O. The van der Waals surface area contributed by atoms with Gasteiger partial charge in [-0.3, -0.25) is 9.48 Å². The molecule has 5 rings (SSSR count). The molecule has 1 atom stereocenters. The second kappa shape index (κ2) is 4.44. The van der Waals surface area contributed by atoms with Gasteiger partial charge in [0.1, 0.15) is 5.65 Å². The standard InChI is InChI=1S/C17H17N5O/c23-11-21-5-2-17(10-21)3-6-22-15(17)8-14(20-22)13-7-12-1-4-18-16(12)19-9-13/h1,4,7-9,11H,2-3,5-6,10H2,(H,18,19). The van der Waals surface area contributed by atoms with E-state index >= 15 is 0 Å². The number of H-pyrrole nitrogens is 1. The van der Waals surface area contributed by atoms with E-state index < -0.39 is 0 Å². The number of hydrogen-bond donors (Lipinski definition) is 1. The zero-order valence-electron chi connectivity index (χ0n) is 12.7. The van der Waals surface area contributed by atoms with Crippen molar-refractivity contribution >= 4 is 17.4 Å². The lowest BCUT2D eigenvalue weighted by molar-refractivity contribution is -0.117. The number of likely N-dealkylation sites (tertiary alicyclic amines) is 1. The van der Waals surface area contributed by atoms with Gasteiger partial charge in [-0.1, -0.05) is 0 Å². The Morgan fingerprint density at radius 2 is 2.17 bits per heavy atom. The fourth-order valence-electron chi connectivity index (χ4n) is 4.09. The summed E-state index contributed by atoms with van der Waals surface area (Å²) in [4.78, 5) is 20.5. The Morgan fingerprint density at radius 3 is 3.04 bits per heavy atom. The van der Waals surface area contributed by atoms with Gasteiger partial charge in [-0.2, -0.15) is 5.10 Å². The maximum atomic E-state index is 11.1. The van der Waals surface area contributed by atoms with Crippen molar-refractivity contribution in [1.29, 1.82) is 0 Å². The molecule has 0 aromatic carbocycles. The number of rotatable bonds is 2. The molecule has 2 aliphatic rings. The second-order valence-corrected chi connectivity index (χ2v) is 6.63. The number of carbonyl (C=O) groups is 1. The van der Waals surface area contributed by atoms with Crippen LogP contribution in [0.2, 0.25) is 0 Å². The van der Waals surface area contributed by atoms with Crippen LogP contribution in [0.5, 0.6) is 0 Å². The molecule has 5 heterocycles. The summed E-state index contributed by atoms with van der Waals surface area (Å²) >= 11 is 0. The van der Waals surface area contributed by atoms with Gasteiger partial charge >= 0.3 is 0 Å². The number of nitrogens with zero attached hydrogens (tertiary/aromatic N) is 4. The van der Waals surface area contributed by atoms with E-state index in [1.165, 1.54) is 5.69 Å². The van der Waals surface area contributed by atoms with Gasteiger partial charge in [0.25, 0.3) is 0 Å². The highest BCUT2D eigenvalue weighted by atomic mass is 16.1. The van der Waals surface area contributed by atoms with Gasteiger partial charge in [-0.15, -0.1) is 0 Å². The quantitative estimate of drug-likeness (QED) is 0.736. The highest BCUT2D eigenvalue weighted by molar-refractivity contribution is 5.80. The number of aryl methyl sites for hydroxylation is 1. The van der Waals surface area contributed by atoms with Gasteiger partial charge in [-0.25, -0.2) is 4.98 Å². The summed E-state index contributed by atoms with van der Waals surface area (Å²) in [5, 5.41) is 5.88. The van der Waals surface area contributed by atoms with E-state index in [2.05, 4.69) is 26.8 Å². The molecule has 2 aliphatic heterocycles. The van der Waals surface area contributed by atoms with Crippen LogP contribution in [-0.2, 0) is 16.8 Å². The number of aromatic amines is 1. The summed E-state index contributed by atoms with van der Waals surface area (Å²) in [5.41, 5.74) is 4.27. The van der Waals surface area contributed by atoms with E-state index in [-0.39, 0.29) is 5.41 Å². The number of hydrogen-bond acceptors (Lipinski definition) is 3. The molecule has 3 aromatic rings. The Hall–Kier alpha value is -2.63. The van der Waals surface area contributed by atoms with Crippen LogP contribution in [0.1, 0.15) is 18.5 Å². The van der Waals surface area contributed by atoms with Crippen LogP contribution in [0, 0.1) is 0 Å². The van der Waals surface area contributed by atoms with Crippen molar-refractivity contribution in [3.63, 3.8) is 0 Å². The Bertz CT molecular complexity index is 911. The van der Waals surface area contributed by atoms with Crippen molar-refractivity contribution in [2.45, 2.75) is 24.8 Å². The number of pyridine rings is 1. The third-order valence-corrected chi connectivity index (χ3v) is 5.35. The summed E-state index contributed by atoms with van der Waals surface area (Å²) in [6.07, 6.45) is 6.85. The van der Waals surface area contributed by atoms with Crippen LogP contribution in [0.15, 0.2) is 30.6 Å². The van der Waals surface area contributed by atoms with Crippen molar-refractivity contribution < 1.29 is 4.79 Å². The van der Waals surface area contributed by atoms with Gasteiger partial charge in [-0.05, 0) is 31.0 Å². The highest BCUT2D eigenvalue weighted by Crippen LogP contribution is 2.43. The highest BCUT2D eigenvalue weighted by Gasteiger charge is 2.45. The van der Waals surface area contributed by atoms with E-state index in [9.17, 15) is 4.79 Å². The molecule has 1 fully saturated rings. The SMILES string of the molecule is O=CN1CCC2(CCn3nc(-c4cnc5[nH]ccc5c4)cc32)C1. The molecule has 1 amide bonds. The smallest absolute Gasteiger partial charge is 0.209 e. The summed E-state index contributed by atoms with van der Waals surface area (Å²) in [6.45, 7) is 2.60. The average molecular weight is 307 g/mol. The van der Waals surface area contributed by atoms with E-state index in [0.29, 0.717) is 0 Å². The zero-order chi connectivity index (χ0) is 15.4. The van der Waals surface area contributed by atoms with E-state index in [4.69, 9.17) is 5.10 Å². The fraction of sp³-hybridized carbons (Fsp3) is 0.353. The number of amides is 1. The van der Waals surface area contributed by atoms with Crippen molar-refractivity contribution in [2.75, 3.05) is 13.1 Å². The Labute approximate surface area is 133 Å². The fourth-order valence-corrected chi connectivity index (χ4v) is 4.09. The second-order valence-electron chi connectivity index (χ2n) is 6.63. The molecule has 1 unspecified atom stereocenters. The molecule has 23 heavy (non-hydrogen) atoms. The number of aromatic nitrogens is 4. The van der Waals surface area contributed by atoms with Crippen molar-refractivity contribution in [1.82, 2.24) is 24.6 Å². The first kappa shape index (κ1) is 12.9. The molecule has 6 nitrogen and oxygen atoms in total. The minimum Gasteiger partial charge on any atom is -0.346 e. The van der Waals surface area contributed by atoms with Gasteiger partial charge in [0, 0.05) is 54.1 Å². The molecule has 3 aromatic heterocycles. The first-order valence-corrected chi connectivity index (χ1v) is 7.99. The van der Waals surface area contributed by atoms with Gasteiger partial charge in [0.05, 0.1) is 5.69 Å². The maximum Gasteiger partial charge on any atom is 0.209 e. The lowest BCUT2D eigenvalue weighted by Gasteiger charge is -2.21. The molecular weight excluding hydrogens is 290 g/mol. The summed E-state index contributed by atoms with van der Waals surface area (Å²) in [7, 11) is 0. The lowest BCUT2D eigenvalue weighted by Crippen LogP contribution is -2.28. The predicted molar refractivity (Wildman–Crippen MR) is 85.9 cm³/mol. The summed E-state index contributed by atoms with van der Waals surface area (Å²) in [6, 6.07) is 6.34. The topological polar surface area (TPSA) is 66.8 Å². The largest absolute Gasteiger partial charge is 0.346 e. The summed E-state index contributed by atoms with van der Waals surface area (Å²) < 4.78 is 2.12. The van der Waals surface area contributed by atoms with Gasteiger partial charge < -0.3 is 9.88 Å². The van der Waals surface area contributed by atoms with Crippen molar-refractivity contribution in [3.05, 3.63) is 36.3 Å². The number of carbonyl (C=O) groups excluding carboxylic acids is 1. The summed E-state index contributed by atoms with van der Waals surface area (Å²) in [5.74, 6) is 0. The lowest BCUT2D eigenvalue weighted by atomic mass is 9.82. The molecule has 0 aliphatic carbocycles. The van der Waals surface area contributed by atoms with Crippen LogP contribution in [0.3, 0.4) is 0 Å². The van der Waals surface area contributed by atoms with Crippen LogP contribution >= 0.6 is 0 Å². The van der Waals surface area contributed by atoms with Gasteiger partial charge in [0.2, 0.25) is 6.41 Å². The Kier molecular flexibility index (Phi) is 2.48. The molecule has 0 bridgehead atoms. The zero-order valence-corrected chi connectivity index (χ0v) is 12.7. The van der Waals surface area contributed by atoms with Gasteiger partial charge in [0.15, 0.2) is 0 Å². The minimum atomic E-state index is 0.0950. The van der Waals surface area contributed by atoms with Crippen LogP contribution in [0.4, 0.5) is 0 Å². The molecule has 0 saturated carbocycles. The number of fused-ring (bicyclic) bond motifs is 3. The first-order valence-electron chi connectivity index (χ1n) is 7.99. The first-order chi connectivity index (χ1) is 11.3. The predicted octanol–water partition coefficient (Wildman–Crippen LogP) is 1.93. The molecule has 116 valence electrons. The van der Waals surface area contributed by atoms with E-state index in [0.717, 1.165) is 61.2 Å². The third-order valence-electron chi connectivity index (χ3n) is 5.35. The average Bonchev–Trinajstić information content (AvgIpc) is 3.32. The minimum absolute atomic E-state index is 0.0950. The van der Waals surface area contributed by atoms with Crippen LogP contribution in [-0.4, -0.2) is 44.1 Å². The molecule has 1 N–H and O–H groups in total. The van der Waals surface area contributed by atoms with Crippen molar-refractivity contribution in [3.8, 4) is 11.3 Å². The monoisotopic (exact) mass is 307 g/mol. The van der Waals surface area contributed by atoms with Crippen LogP contribution in [0.25, 0.3) is 22.3 Å². The molecule has 0 radical (unpaired) electrons. The Morgan fingerprint density at radius 1 is 1.26 bits per heavy atom. The Balaban J connectivity index is 1.56. The van der Waals surface area contributed by atoms with Crippen molar-refractivity contribution in [2.24, 2.45) is 0 Å². The molecule has 1 spiro atoms.